The van der Waals surface area contributed by atoms with E-state index in [-0.39, 0.29) is 10.6 Å². The van der Waals surface area contributed by atoms with Crippen LogP contribution in [0.15, 0.2) is 24.3 Å². The molecule has 0 saturated heterocycles. The molecule has 0 bridgehead atoms. The van der Waals surface area contributed by atoms with Crippen LogP contribution >= 0.6 is 0 Å². The van der Waals surface area contributed by atoms with Crippen LogP contribution in [-0.2, 0) is 0 Å². The van der Waals surface area contributed by atoms with Gasteiger partial charge in [-0.15, -0.1) is 0 Å². The van der Waals surface area contributed by atoms with Crippen molar-refractivity contribution in [2.45, 2.75) is 39.2 Å². The third-order valence-corrected chi connectivity index (χ3v) is 4.37. The number of aromatic nitrogens is 1. The topological polar surface area (TPSA) is 68.1 Å². The van der Waals surface area contributed by atoms with Gasteiger partial charge in [0.1, 0.15) is 0 Å². The van der Waals surface area contributed by atoms with Gasteiger partial charge in [0.15, 0.2) is 0 Å². The summed E-state index contributed by atoms with van der Waals surface area (Å²) in [4.78, 5) is 15.1. The molecule has 1 aliphatic rings. The predicted molar refractivity (Wildman–Crippen MR) is 83.6 cm³/mol. The molecule has 0 radical (unpaired) electrons. The Bertz CT molecular complexity index is 695. The minimum absolute atomic E-state index is 0.104. The van der Waals surface area contributed by atoms with Gasteiger partial charge in [0.2, 0.25) is 0 Å². The maximum atomic E-state index is 11.0. The molecule has 1 N–H and O–H groups in total. The molecule has 1 fully saturated rings. The van der Waals surface area contributed by atoms with Gasteiger partial charge in [0.05, 0.1) is 10.4 Å². The van der Waals surface area contributed by atoms with Gasteiger partial charge < -0.3 is 5.32 Å². The van der Waals surface area contributed by atoms with Crippen molar-refractivity contribution >= 4 is 22.3 Å². The number of pyridine rings is 1. The molecule has 0 aliphatic heterocycles. The standard InChI is InChI=1S/C16H19N3O2/c1-10-8-16(18-11(2)12-4-3-5-12)14-9-13(19(20)21)6-7-15(14)17-10/h6-9,11-12H,3-5H2,1-2H3,(H,17,18). The van der Waals surface area contributed by atoms with Gasteiger partial charge in [0.25, 0.3) is 5.69 Å². The number of nitro groups is 1. The number of non-ortho nitro benzene ring substituents is 1. The van der Waals surface area contributed by atoms with Crippen molar-refractivity contribution in [2.75, 3.05) is 5.32 Å². The van der Waals surface area contributed by atoms with Gasteiger partial charge in [-0.05, 0) is 44.7 Å². The summed E-state index contributed by atoms with van der Waals surface area (Å²) in [5.41, 5.74) is 2.76. The molecule has 1 unspecified atom stereocenters. The molecular formula is C16H19N3O2. The molecule has 5 nitrogen and oxygen atoms in total. The van der Waals surface area contributed by atoms with Crippen LogP contribution in [0.25, 0.3) is 10.9 Å². The van der Waals surface area contributed by atoms with E-state index < -0.39 is 0 Å². The molecule has 5 heteroatoms. The van der Waals surface area contributed by atoms with Crippen LogP contribution in [-0.4, -0.2) is 15.9 Å². The molecule has 110 valence electrons. The lowest BCUT2D eigenvalue weighted by atomic mass is 9.80. The van der Waals surface area contributed by atoms with Crippen molar-refractivity contribution in [2.24, 2.45) is 5.92 Å². The van der Waals surface area contributed by atoms with Crippen molar-refractivity contribution < 1.29 is 4.92 Å². The van der Waals surface area contributed by atoms with E-state index in [0.29, 0.717) is 12.0 Å². The molecule has 1 aromatic carbocycles. The summed E-state index contributed by atoms with van der Waals surface area (Å²) in [6.45, 7) is 4.13. The van der Waals surface area contributed by atoms with Gasteiger partial charge >= 0.3 is 0 Å². The van der Waals surface area contributed by atoms with Crippen molar-refractivity contribution in [1.82, 2.24) is 4.98 Å². The fourth-order valence-corrected chi connectivity index (χ4v) is 2.88. The van der Waals surface area contributed by atoms with Crippen molar-refractivity contribution in [3.63, 3.8) is 0 Å². The highest BCUT2D eigenvalue weighted by atomic mass is 16.6. The third-order valence-electron chi connectivity index (χ3n) is 4.37. The van der Waals surface area contributed by atoms with Gasteiger partial charge in [-0.1, -0.05) is 6.42 Å². The monoisotopic (exact) mass is 285 g/mol. The van der Waals surface area contributed by atoms with Crippen LogP contribution in [0.2, 0.25) is 0 Å². The van der Waals surface area contributed by atoms with E-state index in [2.05, 4.69) is 17.2 Å². The van der Waals surface area contributed by atoms with Crippen LogP contribution in [0, 0.1) is 23.0 Å². The second-order valence-electron chi connectivity index (χ2n) is 5.89. The lowest BCUT2D eigenvalue weighted by molar-refractivity contribution is -0.384. The molecule has 1 aromatic heterocycles. The quantitative estimate of drug-likeness (QED) is 0.679. The Balaban J connectivity index is 2.01. The number of aryl methyl sites for hydroxylation is 1. The van der Waals surface area contributed by atoms with E-state index in [4.69, 9.17) is 0 Å². The number of hydrogen-bond acceptors (Lipinski definition) is 4. The number of benzene rings is 1. The molecule has 1 aliphatic carbocycles. The fraction of sp³-hybridized carbons (Fsp3) is 0.438. The number of anilines is 1. The van der Waals surface area contributed by atoms with Crippen LogP contribution in [0.3, 0.4) is 0 Å². The first-order chi connectivity index (χ1) is 10.0. The van der Waals surface area contributed by atoms with E-state index in [0.717, 1.165) is 22.3 Å². The first-order valence-electron chi connectivity index (χ1n) is 7.37. The van der Waals surface area contributed by atoms with Gasteiger partial charge in [-0.3, -0.25) is 15.1 Å². The maximum absolute atomic E-state index is 11.0. The Hall–Kier alpha value is -2.17. The molecule has 0 amide bonds. The van der Waals surface area contributed by atoms with E-state index in [1.165, 1.54) is 25.3 Å². The highest BCUT2D eigenvalue weighted by Gasteiger charge is 2.24. The minimum Gasteiger partial charge on any atom is -0.382 e. The summed E-state index contributed by atoms with van der Waals surface area (Å²) in [7, 11) is 0. The lowest BCUT2D eigenvalue weighted by Crippen LogP contribution is -2.30. The SMILES string of the molecule is Cc1cc(NC(C)C2CCC2)c2cc([N+](=O)[O-])ccc2n1. The third kappa shape index (κ3) is 2.68. The molecule has 1 heterocycles. The molecule has 1 saturated carbocycles. The second-order valence-corrected chi connectivity index (χ2v) is 5.89. The summed E-state index contributed by atoms with van der Waals surface area (Å²) in [5, 5.41) is 15.3. The molecular weight excluding hydrogens is 266 g/mol. The molecule has 3 rings (SSSR count). The predicted octanol–water partition coefficient (Wildman–Crippen LogP) is 4.05. The molecule has 21 heavy (non-hydrogen) atoms. The average molecular weight is 285 g/mol. The minimum atomic E-state index is -0.363. The Morgan fingerprint density at radius 2 is 2.14 bits per heavy atom. The smallest absolute Gasteiger partial charge is 0.270 e. The normalized spacial score (nSPS) is 16.5. The Morgan fingerprint density at radius 1 is 1.38 bits per heavy atom. The van der Waals surface area contributed by atoms with Gasteiger partial charge in [-0.25, -0.2) is 0 Å². The Labute approximate surface area is 123 Å². The number of nitro benzene ring substituents is 1. The average Bonchev–Trinajstić information content (AvgIpc) is 2.35. The number of nitrogens with one attached hydrogen (secondary N) is 1. The zero-order valence-electron chi connectivity index (χ0n) is 12.3. The van der Waals surface area contributed by atoms with Crippen molar-refractivity contribution in [1.29, 1.82) is 0 Å². The summed E-state index contributed by atoms with van der Waals surface area (Å²) in [6.07, 6.45) is 3.82. The maximum Gasteiger partial charge on any atom is 0.270 e. The summed E-state index contributed by atoms with van der Waals surface area (Å²) in [6, 6.07) is 7.19. The zero-order valence-corrected chi connectivity index (χ0v) is 12.3. The highest BCUT2D eigenvalue weighted by molar-refractivity contribution is 5.93. The van der Waals surface area contributed by atoms with Gasteiger partial charge in [0, 0.05) is 34.9 Å². The number of rotatable bonds is 4. The summed E-state index contributed by atoms with van der Waals surface area (Å²) >= 11 is 0. The first-order valence-corrected chi connectivity index (χ1v) is 7.37. The number of nitrogens with zero attached hydrogens (tertiary/aromatic N) is 2. The van der Waals surface area contributed by atoms with Crippen molar-refractivity contribution in [3.05, 3.63) is 40.1 Å². The Morgan fingerprint density at radius 3 is 2.76 bits per heavy atom. The van der Waals surface area contributed by atoms with Crippen LogP contribution < -0.4 is 5.32 Å². The van der Waals surface area contributed by atoms with E-state index in [1.54, 1.807) is 12.1 Å². The first kappa shape index (κ1) is 13.8. The van der Waals surface area contributed by atoms with Gasteiger partial charge in [-0.2, -0.15) is 0 Å². The summed E-state index contributed by atoms with van der Waals surface area (Å²) < 4.78 is 0. The fourth-order valence-electron chi connectivity index (χ4n) is 2.88. The molecule has 0 spiro atoms. The van der Waals surface area contributed by atoms with E-state index in [1.807, 2.05) is 13.0 Å². The second kappa shape index (κ2) is 5.31. The van der Waals surface area contributed by atoms with Crippen molar-refractivity contribution in [3.8, 4) is 0 Å². The molecule has 1 atom stereocenters. The van der Waals surface area contributed by atoms with Crippen LogP contribution in [0.5, 0.6) is 0 Å². The highest BCUT2D eigenvalue weighted by Crippen LogP contribution is 2.33. The van der Waals surface area contributed by atoms with E-state index >= 15 is 0 Å². The van der Waals surface area contributed by atoms with Crippen LogP contribution in [0.1, 0.15) is 31.9 Å². The lowest BCUT2D eigenvalue weighted by Gasteiger charge is -2.32. The number of hydrogen-bond donors (Lipinski definition) is 1. The summed E-state index contributed by atoms with van der Waals surface area (Å²) in [5.74, 6) is 0.701. The molecule has 2 aromatic rings. The number of fused-ring (bicyclic) bond motifs is 1. The Kier molecular flexibility index (Phi) is 3.49. The van der Waals surface area contributed by atoms with Crippen LogP contribution in [0.4, 0.5) is 11.4 Å². The largest absolute Gasteiger partial charge is 0.382 e. The zero-order chi connectivity index (χ0) is 15.0. The van der Waals surface area contributed by atoms with E-state index in [9.17, 15) is 10.1 Å².